The van der Waals surface area contributed by atoms with E-state index in [1.165, 1.54) is 103 Å². The van der Waals surface area contributed by atoms with Crippen molar-refractivity contribution >= 4 is 19.8 Å². The van der Waals surface area contributed by atoms with Crippen molar-refractivity contribution in [2.75, 3.05) is 26.4 Å². The number of hydrogen-bond acceptors (Lipinski definition) is 8. The predicted molar refractivity (Wildman–Crippen MR) is 238 cm³/mol. The summed E-state index contributed by atoms with van der Waals surface area (Å²) in [5.41, 5.74) is 5.35. The summed E-state index contributed by atoms with van der Waals surface area (Å²) in [5, 5.41) is 0. The van der Waals surface area contributed by atoms with Crippen molar-refractivity contribution in [2.45, 2.75) is 200 Å². The highest BCUT2D eigenvalue weighted by Gasteiger charge is 2.26. The van der Waals surface area contributed by atoms with Crippen LogP contribution in [0.5, 0.6) is 0 Å². The van der Waals surface area contributed by atoms with Gasteiger partial charge >= 0.3 is 19.8 Å². The largest absolute Gasteiger partial charge is 0.472 e. The SMILES string of the molecule is CCC=CCC=CCC=CCC=CCCCCC(=O)O[C@H](COC(=O)CCCCCCCCCCCCCC=CCCCCCCCC)COP(=O)(O)OCCN. The standard InChI is InChI=1S/C47H84NO8P/c1-3-5-7-9-11-13-15-17-19-20-21-22-23-24-26-27-29-31-33-35-37-39-46(49)53-43-45(44-55-57(51,52)54-42-41-48)56-47(50)40-38-36-34-32-30-28-25-18-16-14-12-10-8-6-4-2/h6,8,12,14,17-19,25,30,32,45H,3-5,7,9-11,13,15-16,20-24,26-29,31,33-44,48H2,1-2H3,(H,51,52)/t45-/m1/s1. The lowest BCUT2D eigenvalue weighted by atomic mass is 10.0. The average molecular weight is 822 g/mol. The zero-order valence-corrected chi connectivity index (χ0v) is 37.2. The summed E-state index contributed by atoms with van der Waals surface area (Å²) in [6.07, 6.45) is 51.2. The lowest BCUT2D eigenvalue weighted by Gasteiger charge is -2.19. The van der Waals surface area contributed by atoms with E-state index in [9.17, 15) is 19.0 Å². The number of nitrogens with two attached hydrogens (primary N) is 1. The number of rotatable bonds is 42. The minimum absolute atomic E-state index is 0.0444. The summed E-state index contributed by atoms with van der Waals surface area (Å²) in [6.45, 7) is 3.57. The maximum Gasteiger partial charge on any atom is 0.472 e. The second kappa shape index (κ2) is 43.3. The third kappa shape index (κ3) is 43.1. The first-order chi connectivity index (χ1) is 27.8. The maximum atomic E-state index is 12.6. The first kappa shape index (κ1) is 54.7. The Hall–Kier alpha value is -2.29. The molecule has 3 N–H and O–H groups in total. The van der Waals surface area contributed by atoms with Gasteiger partial charge in [-0.25, -0.2) is 4.57 Å². The Bertz CT molecular complexity index is 1120. The smallest absolute Gasteiger partial charge is 0.462 e. The lowest BCUT2D eigenvalue weighted by Crippen LogP contribution is -2.29. The van der Waals surface area contributed by atoms with Gasteiger partial charge in [0.05, 0.1) is 13.2 Å². The van der Waals surface area contributed by atoms with Crippen LogP contribution in [0.15, 0.2) is 60.8 Å². The summed E-state index contributed by atoms with van der Waals surface area (Å²) < 4.78 is 32.8. The molecule has 0 heterocycles. The molecule has 0 saturated heterocycles. The third-order valence-electron chi connectivity index (χ3n) is 9.39. The predicted octanol–water partition coefficient (Wildman–Crippen LogP) is 13.3. The number of ether oxygens (including phenoxy) is 2. The van der Waals surface area contributed by atoms with Crippen LogP contribution in [0.3, 0.4) is 0 Å². The summed E-state index contributed by atoms with van der Waals surface area (Å²) in [6, 6.07) is 0. The van der Waals surface area contributed by atoms with Gasteiger partial charge in [0.25, 0.3) is 0 Å². The Morgan fingerprint density at radius 1 is 0.544 bits per heavy atom. The fraction of sp³-hybridized carbons (Fsp3) is 0.745. The Morgan fingerprint density at radius 3 is 1.49 bits per heavy atom. The van der Waals surface area contributed by atoms with Crippen molar-refractivity contribution < 1.29 is 37.6 Å². The zero-order valence-electron chi connectivity index (χ0n) is 36.3. The third-order valence-corrected chi connectivity index (χ3v) is 10.4. The van der Waals surface area contributed by atoms with Gasteiger partial charge in [-0.3, -0.25) is 18.6 Å². The second-order valence-electron chi connectivity index (χ2n) is 14.9. The van der Waals surface area contributed by atoms with Crippen LogP contribution in [-0.4, -0.2) is 49.3 Å². The van der Waals surface area contributed by atoms with Crippen LogP contribution in [0.1, 0.15) is 194 Å². The number of allylic oxidation sites excluding steroid dienone is 10. The Kier molecular flexibility index (Phi) is 41.6. The summed E-state index contributed by atoms with van der Waals surface area (Å²) >= 11 is 0. The van der Waals surface area contributed by atoms with Crippen molar-refractivity contribution in [3.8, 4) is 0 Å². The fourth-order valence-electron chi connectivity index (χ4n) is 6.03. The van der Waals surface area contributed by atoms with Crippen molar-refractivity contribution in [1.82, 2.24) is 0 Å². The van der Waals surface area contributed by atoms with E-state index < -0.39 is 32.5 Å². The number of hydrogen-bond donors (Lipinski definition) is 2. The minimum atomic E-state index is -4.39. The molecule has 1 unspecified atom stereocenters. The highest BCUT2D eigenvalue weighted by molar-refractivity contribution is 7.47. The van der Waals surface area contributed by atoms with Gasteiger partial charge in [-0.2, -0.15) is 0 Å². The van der Waals surface area contributed by atoms with E-state index in [1.807, 2.05) is 0 Å². The van der Waals surface area contributed by atoms with E-state index in [-0.39, 0.29) is 32.6 Å². The molecule has 0 fully saturated rings. The number of esters is 2. The molecule has 0 spiro atoms. The topological polar surface area (TPSA) is 134 Å². The maximum absolute atomic E-state index is 12.6. The van der Waals surface area contributed by atoms with Crippen LogP contribution in [0.4, 0.5) is 0 Å². The molecule has 0 bridgehead atoms. The van der Waals surface area contributed by atoms with E-state index in [2.05, 4.69) is 74.6 Å². The number of carbonyl (C=O) groups excluding carboxylic acids is 2. The van der Waals surface area contributed by atoms with Crippen LogP contribution < -0.4 is 5.73 Å². The van der Waals surface area contributed by atoms with E-state index in [0.717, 1.165) is 57.8 Å². The van der Waals surface area contributed by atoms with E-state index in [4.69, 9.17) is 24.3 Å². The highest BCUT2D eigenvalue weighted by atomic mass is 31.2. The normalized spacial score (nSPS) is 13.8. The van der Waals surface area contributed by atoms with Gasteiger partial charge < -0.3 is 20.1 Å². The van der Waals surface area contributed by atoms with Crippen LogP contribution >= 0.6 is 7.82 Å². The summed E-state index contributed by atoms with van der Waals surface area (Å²) in [5.74, 6) is -0.879. The molecule has 0 aromatic heterocycles. The van der Waals surface area contributed by atoms with Gasteiger partial charge in [-0.15, -0.1) is 0 Å². The molecule has 0 aliphatic heterocycles. The molecule has 0 radical (unpaired) electrons. The molecule has 0 aliphatic carbocycles. The van der Waals surface area contributed by atoms with Crippen LogP contribution in [0.25, 0.3) is 0 Å². The van der Waals surface area contributed by atoms with Crippen molar-refractivity contribution in [2.24, 2.45) is 5.73 Å². The van der Waals surface area contributed by atoms with Crippen LogP contribution in [0.2, 0.25) is 0 Å². The van der Waals surface area contributed by atoms with Gasteiger partial charge in [0, 0.05) is 19.4 Å². The molecule has 0 saturated carbocycles. The monoisotopic (exact) mass is 822 g/mol. The van der Waals surface area contributed by atoms with Gasteiger partial charge in [0.2, 0.25) is 0 Å². The molecule has 57 heavy (non-hydrogen) atoms. The number of phosphoric acid groups is 1. The molecule has 10 heteroatoms. The van der Waals surface area contributed by atoms with Crippen molar-refractivity contribution in [3.63, 3.8) is 0 Å². The molecular formula is C47H84NO8P. The molecular weight excluding hydrogens is 737 g/mol. The number of carbonyl (C=O) groups is 2. The summed E-state index contributed by atoms with van der Waals surface area (Å²) in [7, 11) is -4.39. The van der Waals surface area contributed by atoms with Crippen LogP contribution in [0, 0.1) is 0 Å². The highest BCUT2D eigenvalue weighted by Crippen LogP contribution is 2.43. The van der Waals surface area contributed by atoms with Gasteiger partial charge in [0.1, 0.15) is 6.61 Å². The van der Waals surface area contributed by atoms with Crippen molar-refractivity contribution in [1.29, 1.82) is 0 Å². The zero-order chi connectivity index (χ0) is 41.8. The molecule has 0 aromatic carbocycles. The fourth-order valence-corrected chi connectivity index (χ4v) is 6.80. The Labute approximate surface area is 349 Å². The summed E-state index contributed by atoms with van der Waals surface area (Å²) in [4.78, 5) is 34.9. The van der Waals surface area contributed by atoms with Crippen molar-refractivity contribution in [3.05, 3.63) is 60.8 Å². The van der Waals surface area contributed by atoms with Crippen LogP contribution in [-0.2, 0) is 32.7 Å². The van der Waals surface area contributed by atoms with E-state index >= 15 is 0 Å². The molecule has 2 atom stereocenters. The molecule has 0 amide bonds. The number of phosphoric ester groups is 1. The first-order valence-corrected chi connectivity index (χ1v) is 24.3. The Morgan fingerprint density at radius 2 is 0.965 bits per heavy atom. The van der Waals surface area contributed by atoms with Gasteiger partial charge in [-0.1, -0.05) is 164 Å². The number of unbranched alkanes of at least 4 members (excludes halogenated alkanes) is 19. The van der Waals surface area contributed by atoms with E-state index in [0.29, 0.717) is 6.42 Å². The van der Waals surface area contributed by atoms with E-state index in [1.54, 1.807) is 0 Å². The average Bonchev–Trinajstić information content (AvgIpc) is 3.20. The Balaban J connectivity index is 4.14. The molecule has 330 valence electrons. The quantitative estimate of drug-likeness (QED) is 0.0267. The molecule has 0 rings (SSSR count). The van der Waals surface area contributed by atoms with Gasteiger partial charge in [0.15, 0.2) is 6.10 Å². The molecule has 0 aromatic rings. The lowest BCUT2D eigenvalue weighted by molar-refractivity contribution is -0.161. The minimum Gasteiger partial charge on any atom is -0.462 e. The first-order valence-electron chi connectivity index (χ1n) is 22.8. The second-order valence-corrected chi connectivity index (χ2v) is 16.3. The molecule has 0 aliphatic rings. The van der Waals surface area contributed by atoms with Gasteiger partial charge in [-0.05, 0) is 77.0 Å². The molecule has 9 nitrogen and oxygen atoms in total.